The number of amides is 2. The number of hydrogen-bond donors (Lipinski definition) is 1. The minimum absolute atomic E-state index is 0.0113. The summed E-state index contributed by atoms with van der Waals surface area (Å²) in [5, 5.41) is 3.17. The predicted octanol–water partition coefficient (Wildman–Crippen LogP) is 3.30. The van der Waals surface area contributed by atoms with E-state index in [-0.39, 0.29) is 23.3 Å². The summed E-state index contributed by atoms with van der Waals surface area (Å²) in [7, 11) is 1.60. The highest BCUT2D eigenvalue weighted by molar-refractivity contribution is 5.98. The number of anilines is 1. The second-order valence-corrected chi connectivity index (χ2v) is 8.77. The van der Waals surface area contributed by atoms with E-state index in [2.05, 4.69) is 25.7 Å². The fraction of sp³-hybridized carbons (Fsp3) is 0.545. The van der Waals surface area contributed by atoms with Gasteiger partial charge in [-0.2, -0.15) is 0 Å². The molecule has 1 N–H and O–H groups in total. The summed E-state index contributed by atoms with van der Waals surface area (Å²) in [5.41, 5.74) is 1.39. The maximum absolute atomic E-state index is 13.2. The second kappa shape index (κ2) is 6.11. The Balaban J connectivity index is 1.49. The number of hydrogen-bond acceptors (Lipinski definition) is 3. The minimum atomic E-state index is -0.449. The maximum Gasteiger partial charge on any atom is 0.230 e. The van der Waals surface area contributed by atoms with Gasteiger partial charge in [-0.3, -0.25) is 9.59 Å². The zero-order valence-electron chi connectivity index (χ0n) is 16.4. The molecule has 3 fully saturated rings. The molecule has 5 heteroatoms. The summed E-state index contributed by atoms with van der Waals surface area (Å²) in [6.45, 7) is 9.19. The van der Waals surface area contributed by atoms with Gasteiger partial charge in [-0.15, -0.1) is 0 Å². The number of ether oxygens (including phenoxy) is 1. The number of carbonyl (C=O) groups excluding carboxylic acids is 2. The van der Waals surface area contributed by atoms with Crippen molar-refractivity contribution in [1.82, 2.24) is 5.32 Å². The lowest BCUT2D eigenvalue weighted by molar-refractivity contribution is -0.129. The van der Waals surface area contributed by atoms with Crippen LogP contribution in [0.5, 0.6) is 5.75 Å². The molecule has 4 rings (SSSR count). The standard InChI is InChI=1S/C22H28N2O3/c1-14-21(2,3)15-9-10-22(14,12-15)20(26)23-16-11-19(25)24(13-16)17-7-5-6-8-18(17)27-4/h5-8,15-16H,1,9-13H2,2-4H3,(H,23,26)/t15-,16-,22+/m0/s1. The average molecular weight is 368 g/mol. The van der Waals surface area contributed by atoms with E-state index < -0.39 is 5.41 Å². The van der Waals surface area contributed by atoms with Gasteiger partial charge in [0.05, 0.1) is 24.3 Å². The van der Waals surface area contributed by atoms with Crippen LogP contribution in [0.2, 0.25) is 0 Å². The number of benzene rings is 1. The minimum Gasteiger partial charge on any atom is -0.495 e. The molecule has 2 saturated carbocycles. The number of rotatable bonds is 4. The lowest BCUT2D eigenvalue weighted by Gasteiger charge is -2.37. The quantitative estimate of drug-likeness (QED) is 0.830. The lowest BCUT2D eigenvalue weighted by Crippen LogP contribution is -2.46. The monoisotopic (exact) mass is 368 g/mol. The average Bonchev–Trinajstić information content (AvgIpc) is 3.30. The molecule has 1 heterocycles. The maximum atomic E-state index is 13.2. The molecular weight excluding hydrogens is 340 g/mol. The Kier molecular flexibility index (Phi) is 4.09. The largest absolute Gasteiger partial charge is 0.495 e. The second-order valence-electron chi connectivity index (χ2n) is 8.77. The third-order valence-corrected chi connectivity index (χ3v) is 7.16. The molecule has 3 aliphatic rings. The molecule has 2 amide bonds. The van der Waals surface area contributed by atoms with Crippen molar-refractivity contribution >= 4 is 17.5 Å². The van der Waals surface area contributed by atoms with Gasteiger partial charge in [0, 0.05) is 13.0 Å². The molecule has 0 aromatic heterocycles. The molecule has 2 aliphatic carbocycles. The van der Waals surface area contributed by atoms with Crippen molar-refractivity contribution in [3.05, 3.63) is 36.4 Å². The van der Waals surface area contributed by atoms with Crippen molar-refractivity contribution in [3.63, 3.8) is 0 Å². The Labute approximate surface area is 160 Å². The molecule has 1 saturated heterocycles. The van der Waals surface area contributed by atoms with Crippen LogP contribution >= 0.6 is 0 Å². The van der Waals surface area contributed by atoms with Crippen molar-refractivity contribution in [2.75, 3.05) is 18.6 Å². The van der Waals surface area contributed by atoms with E-state index >= 15 is 0 Å². The first-order valence-corrected chi connectivity index (χ1v) is 9.74. The first-order chi connectivity index (χ1) is 12.8. The highest BCUT2D eigenvalue weighted by atomic mass is 16.5. The van der Waals surface area contributed by atoms with Gasteiger partial charge in [0.25, 0.3) is 0 Å². The number of nitrogens with one attached hydrogen (secondary N) is 1. The van der Waals surface area contributed by atoms with Gasteiger partial charge in [0.1, 0.15) is 5.75 Å². The zero-order chi connectivity index (χ0) is 19.4. The van der Waals surface area contributed by atoms with E-state index in [4.69, 9.17) is 4.74 Å². The number of carbonyl (C=O) groups is 2. The van der Waals surface area contributed by atoms with E-state index in [0.717, 1.165) is 30.5 Å². The van der Waals surface area contributed by atoms with Gasteiger partial charge in [-0.05, 0) is 42.7 Å². The van der Waals surface area contributed by atoms with Crippen LogP contribution in [0.1, 0.15) is 39.5 Å². The normalized spacial score (nSPS) is 31.4. The topological polar surface area (TPSA) is 58.6 Å². The zero-order valence-corrected chi connectivity index (χ0v) is 16.4. The third-order valence-electron chi connectivity index (χ3n) is 7.16. The van der Waals surface area contributed by atoms with Gasteiger partial charge in [0.2, 0.25) is 11.8 Å². The van der Waals surface area contributed by atoms with Crippen molar-refractivity contribution in [3.8, 4) is 5.75 Å². The molecule has 3 atom stereocenters. The van der Waals surface area contributed by atoms with Gasteiger partial charge < -0.3 is 15.0 Å². The highest BCUT2D eigenvalue weighted by Crippen LogP contribution is 2.65. The van der Waals surface area contributed by atoms with E-state index in [1.165, 1.54) is 0 Å². The Morgan fingerprint density at radius 1 is 1.33 bits per heavy atom. The van der Waals surface area contributed by atoms with Gasteiger partial charge in [0.15, 0.2) is 0 Å². The smallest absolute Gasteiger partial charge is 0.230 e. The first kappa shape index (κ1) is 18.1. The van der Waals surface area contributed by atoms with Gasteiger partial charge in [-0.1, -0.05) is 38.1 Å². The number of methoxy groups -OCH3 is 1. The predicted molar refractivity (Wildman–Crippen MR) is 105 cm³/mol. The van der Waals surface area contributed by atoms with Gasteiger partial charge in [-0.25, -0.2) is 0 Å². The van der Waals surface area contributed by atoms with Crippen LogP contribution in [-0.4, -0.2) is 31.5 Å². The van der Waals surface area contributed by atoms with Crippen LogP contribution in [0, 0.1) is 16.7 Å². The fourth-order valence-electron chi connectivity index (χ4n) is 5.36. The first-order valence-electron chi connectivity index (χ1n) is 9.74. The van der Waals surface area contributed by atoms with Crippen molar-refractivity contribution in [1.29, 1.82) is 0 Å². The summed E-state index contributed by atoms with van der Waals surface area (Å²) in [6.07, 6.45) is 3.17. The van der Waals surface area contributed by atoms with E-state index in [0.29, 0.717) is 24.6 Å². The van der Waals surface area contributed by atoms with E-state index in [1.807, 2.05) is 24.3 Å². The third kappa shape index (κ3) is 2.59. The summed E-state index contributed by atoms with van der Waals surface area (Å²) in [5.74, 6) is 1.27. The lowest BCUT2D eigenvalue weighted by atomic mass is 9.68. The Bertz CT molecular complexity index is 816. The van der Waals surface area contributed by atoms with Crippen LogP contribution < -0.4 is 15.0 Å². The molecular formula is C22H28N2O3. The Hall–Kier alpha value is -2.30. The van der Waals surface area contributed by atoms with Crippen molar-refractivity contribution in [2.24, 2.45) is 16.7 Å². The molecule has 1 aromatic carbocycles. The molecule has 27 heavy (non-hydrogen) atoms. The molecule has 0 spiro atoms. The molecule has 144 valence electrons. The summed E-state index contributed by atoms with van der Waals surface area (Å²) < 4.78 is 5.39. The van der Waals surface area contributed by atoms with Crippen LogP contribution in [0.15, 0.2) is 36.4 Å². The summed E-state index contributed by atoms with van der Waals surface area (Å²) in [4.78, 5) is 27.5. The molecule has 0 unspecified atom stereocenters. The highest BCUT2D eigenvalue weighted by Gasteiger charge is 2.61. The van der Waals surface area contributed by atoms with Crippen molar-refractivity contribution < 1.29 is 14.3 Å². The number of para-hydroxylation sites is 2. The van der Waals surface area contributed by atoms with E-state index in [9.17, 15) is 9.59 Å². The number of nitrogens with zero attached hydrogens (tertiary/aromatic N) is 1. The fourth-order valence-corrected chi connectivity index (χ4v) is 5.36. The van der Waals surface area contributed by atoms with E-state index in [1.54, 1.807) is 12.0 Å². The van der Waals surface area contributed by atoms with Gasteiger partial charge >= 0.3 is 0 Å². The number of fused-ring (bicyclic) bond motifs is 2. The molecule has 2 bridgehead atoms. The van der Waals surface area contributed by atoms with Crippen LogP contribution in [0.25, 0.3) is 0 Å². The Morgan fingerprint density at radius 3 is 2.74 bits per heavy atom. The molecule has 0 radical (unpaired) electrons. The molecule has 5 nitrogen and oxygen atoms in total. The summed E-state index contributed by atoms with van der Waals surface area (Å²) >= 11 is 0. The van der Waals surface area contributed by atoms with Crippen LogP contribution in [0.3, 0.4) is 0 Å². The van der Waals surface area contributed by atoms with Crippen molar-refractivity contribution in [2.45, 2.75) is 45.6 Å². The Morgan fingerprint density at radius 2 is 2.07 bits per heavy atom. The SMILES string of the molecule is C=C1C(C)(C)[C@H]2CC[C@@]1(C(=O)N[C@H]1CC(=O)N(c3ccccc3OC)C1)C2. The van der Waals surface area contributed by atoms with Crippen LogP contribution in [0.4, 0.5) is 5.69 Å². The van der Waals surface area contributed by atoms with Crippen LogP contribution in [-0.2, 0) is 9.59 Å². The molecule has 1 aromatic rings. The molecule has 1 aliphatic heterocycles. The summed E-state index contributed by atoms with van der Waals surface area (Å²) in [6, 6.07) is 7.31.